The van der Waals surface area contributed by atoms with Gasteiger partial charge in [0, 0.05) is 17.8 Å². The van der Waals surface area contributed by atoms with Gasteiger partial charge in [0.25, 0.3) is 0 Å². The number of hydrogen-bond donors (Lipinski definition) is 0. The molecule has 0 amide bonds. The smallest absolute Gasteiger partial charge is 0.160 e. The largest absolute Gasteiger partial charge is 0.318 e. The third kappa shape index (κ3) is 2.71. The Morgan fingerprint density at radius 3 is 2.61 bits per heavy atom. The average molecular weight is 320 g/mol. The number of imidazole rings is 1. The van der Waals surface area contributed by atoms with E-state index in [-0.39, 0.29) is 0 Å². The second-order valence-corrected chi connectivity index (χ2v) is 5.79. The highest BCUT2D eigenvalue weighted by atomic mass is 35.5. The van der Waals surface area contributed by atoms with Crippen LogP contribution in [0.15, 0.2) is 72.9 Å². The molecule has 0 saturated carbocycles. The standard InChI is InChI=1S/C19H14ClN3/c20-15-7-5-6-14(12-15)13-23-18-10-2-1-8-16(18)22-19(23)17-9-3-4-11-21-17/h1-12H,13H2. The van der Waals surface area contributed by atoms with E-state index in [1.54, 1.807) is 6.20 Å². The maximum atomic E-state index is 6.12. The van der Waals surface area contributed by atoms with E-state index >= 15 is 0 Å². The van der Waals surface area contributed by atoms with Crippen molar-refractivity contribution in [2.45, 2.75) is 6.54 Å². The number of para-hydroxylation sites is 2. The average Bonchev–Trinajstić information content (AvgIpc) is 2.95. The molecule has 0 radical (unpaired) electrons. The molecule has 0 bridgehead atoms. The molecule has 23 heavy (non-hydrogen) atoms. The third-order valence-electron chi connectivity index (χ3n) is 3.78. The molecule has 3 nitrogen and oxygen atoms in total. The molecular weight excluding hydrogens is 306 g/mol. The summed E-state index contributed by atoms with van der Waals surface area (Å²) in [6.07, 6.45) is 1.79. The number of fused-ring (bicyclic) bond motifs is 1. The Balaban J connectivity index is 1.89. The number of aromatic nitrogens is 3. The zero-order valence-corrected chi connectivity index (χ0v) is 13.1. The molecule has 2 aromatic carbocycles. The van der Waals surface area contributed by atoms with Gasteiger partial charge in [-0.1, -0.05) is 41.9 Å². The van der Waals surface area contributed by atoms with Crippen molar-refractivity contribution >= 4 is 22.6 Å². The molecule has 0 atom stereocenters. The molecule has 0 aliphatic rings. The lowest BCUT2D eigenvalue weighted by molar-refractivity contribution is 0.830. The summed E-state index contributed by atoms with van der Waals surface area (Å²) in [5.41, 5.74) is 4.06. The first-order valence-corrected chi connectivity index (χ1v) is 7.80. The van der Waals surface area contributed by atoms with Gasteiger partial charge in [-0.05, 0) is 42.0 Å². The van der Waals surface area contributed by atoms with Crippen LogP contribution >= 0.6 is 11.6 Å². The second kappa shape index (κ2) is 5.86. The minimum Gasteiger partial charge on any atom is -0.318 e. The number of benzene rings is 2. The lowest BCUT2D eigenvalue weighted by Crippen LogP contribution is -2.03. The first-order valence-electron chi connectivity index (χ1n) is 7.42. The Bertz CT molecular complexity index is 961. The monoisotopic (exact) mass is 319 g/mol. The Morgan fingerprint density at radius 1 is 0.913 bits per heavy atom. The SMILES string of the molecule is Clc1cccc(Cn2c(-c3ccccn3)nc3ccccc32)c1. The number of pyridine rings is 1. The van der Waals surface area contributed by atoms with E-state index in [4.69, 9.17) is 16.6 Å². The second-order valence-electron chi connectivity index (χ2n) is 5.36. The first kappa shape index (κ1) is 14.0. The summed E-state index contributed by atoms with van der Waals surface area (Å²) < 4.78 is 2.18. The van der Waals surface area contributed by atoms with Crippen molar-refractivity contribution in [2.75, 3.05) is 0 Å². The van der Waals surface area contributed by atoms with E-state index in [0.29, 0.717) is 6.54 Å². The summed E-state index contributed by atoms with van der Waals surface area (Å²) in [5.74, 6) is 0.867. The van der Waals surface area contributed by atoms with Crippen LogP contribution in [0.5, 0.6) is 0 Å². The predicted molar refractivity (Wildman–Crippen MR) is 93.5 cm³/mol. The van der Waals surface area contributed by atoms with Crippen molar-refractivity contribution in [3.8, 4) is 11.5 Å². The minimum atomic E-state index is 0.701. The molecule has 0 spiro atoms. The van der Waals surface area contributed by atoms with Gasteiger partial charge < -0.3 is 4.57 Å². The molecule has 2 aromatic heterocycles. The summed E-state index contributed by atoms with van der Waals surface area (Å²) in [7, 11) is 0. The van der Waals surface area contributed by atoms with Crippen molar-refractivity contribution in [1.29, 1.82) is 0 Å². The number of hydrogen-bond acceptors (Lipinski definition) is 2. The molecule has 0 unspecified atom stereocenters. The van der Waals surface area contributed by atoms with Gasteiger partial charge in [-0.15, -0.1) is 0 Å². The van der Waals surface area contributed by atoms with Crippen molar-refractivity contribution in [2.24, 2.45) is 0 Å². The maximum Gasteiger partial charge on any atom is 0.160 e. The fraction of sp³-hybridized carbons (Fsp3) is 0.0526. The lowest BCUT2D eigenvalue weighted by Gasteiger charge is -2.09. The summed E-state index contributed by atoms with van der Waals surface area (Å²) in [6, 6.07) is 21.9. The zero-order valence-electron chi connectivity index (χ0n) is 12.4. The molecule has 0 aliphatic heterocycles. The van der Waals surface area contributed by atoms with Crippen LogP contribution in [0.3, 0.4) is 0 Å². The van der Waals surface area contributed by atoms with E-state index in [2.05, 4.69) is 21.7 Å². The summed E-state index contributed by atoms with van der Waals surface area (Å²) in [4.78, 5) is 9.22. The maximum absolute atomic E-state index is 6.12. The van der Waals surface area contributed by atoms with Crippen LogP contribution in [0.1, 0.15) is 5.56 Å². The fourth-order valence-corrected chi connectivity index (χ4v) is 2.96. The number of nitrogens with zero attached hydrogens (tertiary/aromatic N) is 3. The third-order valence-corrected chi connectivity index (χ3v) is 4.01. The van der Waals surface area contributed by atoms with Crippen molar-refractivity contribution in [1.82, 2.24) is 14.5 Å². The van der Waals surface area contributed by atoms with Crippen molar-refractivity contribution in [3.63, 3.8) is 0 Å². The van der Waals surface area contributed by atoms with Crippen LogP contribution in [-0.2, 0) is 6.54 Å². The lowest BCUT2D eigenvalue weighted by atomic mass is 10.2. The van der Waals surface area contributed by atoms with E-state index in [1.807, 2.05) is 54.6 Å². The summed E-state index contributed by atoms with van der Waals surface area (Å²) in [6.45, 7) is 0.701. The van der Waals surface area contributed by atoms with Crippen LogP contribution in [0.25, 0.3) is 22.6 Å². The van der Waals surface area contributed by atoms with Crippen LogP contribution in [0, 0.1) is 0 Å². The Morgan fingerprint density at radius 2 is 1.78 bits per heavy atom. The minimum absolute atomic E-state index is 0.701. The molecule has 4 aromatic rings. The van der Waals surface area contributed by atoms with Crippen LogP contribution in [0.2, 0.25) is 5.02 Å². The van der Waals surface area contributed by atoms with Gasteiger partial charge in [0.2, 0.25) is 0 Å². The molecule has 0 saturated heterocycles. The summed E-state index contributed by atoms with van der Waals surface area (Å²) in [5, 5.41) is 0.742. The van der Waals surface area contributed by atoms with Gasteiger partial charge in [-0.2, -0.15) is 0 Å². The summed E-state index contributed by atoms with van der Waals surface area (Å²) >= 11 is 6.12. The Kier molecular flexibility index (Phi) is 3.56. The number of halogens is 1. The molecule has 4 heteroatoms. The number of rotatable bonds is 3. The van der Waals surface area contributed by atoms with Gasteiger partial charge in [-0.3, -0.25) is 4.98 Å². The van der Waals surface area contributed by atoms with Crippen molar-refractivity contribution < 1.29 is 0 Å². The van der Waals surface area contributed by atoms with E-state index in [9.17, 15) is 0 Å². The molecule has 112 valence electrons. The van der Waals surface area contributed by atoms with Crippen molar-refractivity contribution in [3.05, 3.63) is 83.5 Å². The Hall–Kier alpha value is -2.65. The Labute approximate surface area is 139 Å². The van der Waals surface area contributed by atoms with E-state index in [0.717, 1.165) is 33.1 Å². The molecule has 0 N–H and O–H groups in total. The van der Waals surface area contributed by atoms with E-state index < -0.39 is 0 Å². The van der Waals surface area contributed by atoms with Gasteiger partial charge in [0.05, 0.1) is 11.0 Å². The van der Waals surface area contributed by atoms with Gasteiger partial charge in [-0.25, -0.2) is 4.98 Å². The zero-order chi connectivity index (χ0) is 15.6. The highest BCUT2D eigenvalue weighted by Crippen LogP contribution is 2.25. The van der Waals surface area contributed by atoms with Crippen LogP contribution in [-0.4, -0.2) is 14.5 Å². The fourth-order valence-electron chi connectivity index (χ4n) is 2.74. The molecular formula is C19H14ClN3. The molecule has 2 heterocycles. The van der Waals surface area contributed by atoms with Crippen LogP contribution in [0.4, 0.5) is 0 Å². The predicted octanol–water partition coefficient (Wildman–Crippen LogP) is 4.80. The molecule has 4 rings (SSSR count). The molecule has 0 aliphatic carbocycles. The van der Waals surface area contributed by atoms with Crippen LogP contribution < -0.4 is 0 Å². The topological polar surface area (TPSA) is 30.7 Å². The van der Waals surface area contributed by atoms with Gasteiger partial charge in [0.1, 0.15) is 5.69 Å². The highest BCUT2D eigenvalue weighted by molar-refractivity contribution is 6.30. The first-order chi connectivity index (χ1) is 11.3. The van der Waals surface area contributed by atoms with Gasteiger partial charge >= 0.3 is 0 Å². The molecule has 0 fully saturated rings. The normalized spacial score (nSPS) is 11.0. The quantitative estimate of drug-likeness (QED) is 0.543. The highest BCUT2D eigenvalue weighted by Gasteiger charge is 2.13. The van der Waals surface area contributed by atoms with E-state index in [1.165, 1.54) is 0 Å². The van der Waals surface area contributed by atoms with Gasteiger partial charge in [0.15, 0.2) is 5.82 Å².